The second-order valence-corrected chi connectivity index (χ2v) is 3.86. The van der Waals surface area contributed by atoms with Crippen LogP contribution in [-0.2, 0) is 0 Å². The minimum Gasteiger partial charge on any atom is -0.494 e. The first kappa shape index (κ1) is 12.8. The van der Waals surface area contributed by atoms with Crippen molar-refractivity contribution in [3.8, 4) is 5.75 Å². The smallest absolute Gasteiger partial charge is 0.119 e. The number of ether oxygens (including phenoxy) is 1. The van der Waals surface area contributed by atoms with Gasteiger partial charge < -0.3 is 10.5 Å². The van der Waals surface area contributed by atoms with Crippen LogP contribution in [0.5, 0.6) is 5.75 Å². The second-order valence-electron chi connectivity index (χ2n) is 3.86. The lowest BCUT2D eigenvalue weighted by Gasteiger charge is -2.10. The molecule has 1 atom stereocenters. The van der Waals surface area contributed by atoms with Gasteiger partial charge in [0, 0.05) is 6.04 Å². The van der Waals surface area contributed by atoms with Gasteiger partial charge in [-0.2, -0.15) is 0 Å². The Morgan fingerprint density at radius 3 is 2.62 bits per heavy atom. The molecular formula is C14H21NO. The van der Waals surface area contributed by atoms with Gasteiger partial charge in [-0.05, 0) is 37.0 Å². The van der Waals surface area contributed by atoms with Crippen molar-refractivity contribution in [1.82, 2.24) is 0 Å². The first-order valence-corrected chi connectivity index (χ1v) is 5.87. The van der Waals surface area contributed by atoms with E-state index in [9.17, 15) is 0 Å². The summed E-state index contributed by atoms with van der Waals surface area (Å²) in [7, 11) is 0. The third-order valence-corrected chi connectivity index (χ3v) is 2.57. The van der Waals surface area contributed by atoms with Crippen LogP contribution in [0.4, 0.5) is 0 Å². The fraction of sp³-hybridized carbons (Fsp3) is 0.429. The number of benzene rings is 1. The molecule has 0 radical (unpaired) electrons. The first-order valence-electron chi connectivity index (χ1n) is 5.87. The van der Waals surface area contributed by atoms with Gasteiger partial charge in [0.2, 0.25) is 0 Å². The summed E-state index contributed by atoms with van der Waals surface area (Å²) in [6.07, 6.45) is 4.88. The van der Waals surface area contributed by atoms with E-state index < -0.39 is 0 Å². The molecule has 0 aliphatic heterocycles. The Labute approximate surface area is 98.1 Å². The average molecular weight is 219 g/mol. The van der Waals surface area contributed by atoms with E-state index in [4.69, 9.17) is 10.5 Å². The Kier molecular flexibility index (Phi) is 5.65. The van der Waals surface area contributed by atoms with Gasteiger partial charge in [0.15, 0.2) is 0 Å². The molecule has 0 fully saturated rings. The molecule has 0 bridgehead atoms. The molecule has 0 heterocycles. The second kappa shape index (κ2) is 7.07. The Morgan fingerprint density at radius 1 is 1.38 bits per heavy atom. The van der Waals surface area contributed by atoms with E-state index in [1.54, 1.807) is 0 Å². The monoisotopic (exact) mass is 219 g/mol. The zero-order valence-corrected chi connectivity index (χ0v) is 9.99. The third-order valence-electron chi connectivity index (χ3n) is 2.57. The molecule has 2 heteroatoms. The lowest BCUT2D eigenvalue weighted by Crippen LogP contribution is -2.08. The summed E-state index contributed by atoms with van der Waals surface area (Å²) >= 11 is 0. The Morgan fingerprint density at radius 2 is 2.06 bits per heavy atom. The fourth-order valence-corrected chi connectivity index (χ4v) is 1.46. The Balaban J connectivity index is 2.42. The highest BCUT2D eigenvalue weighted by Crippen LogP contribution is 2.18. The predicted molar refractivity (Wildman–Crippen MR) is 68.6 cm³/mol. The molecule has 1 rings (SSSR count). The van der Waals surface area contributed by atoms with E-state index in [2.05, 4.69) is 13.5 Å². The number of nitrogens with two attached hydrogens (primary N) is 1. The average Bonchev–Trinajstić information content (AvgIpc) is 2.34. The summed E-state index contributed by atoms with van der Waals surface area (Å²) in [5, 5.41) is 0. The molecule has 0 aliphatic carbocycles. The molecule has 0 unspecified atom stereocenters. The van der Waals surface area contributed by atoms with Gasteiger partial charge in [-0.25, -0.2) is 0 Å². The zero-order valence-electron chi connectivity index (χ0n) is 9.99. The van der Waals surface area contributed by atoms with Crippen LogP contribution in [0, 0.1) is 0 Å². The summed E-state index contributed by atoms with van der Waals surface area (Å²) in [4.78, 5) is 0. The van der Waals surface area contributed by atoms with Crippen LogP contribution in [0.1, 0.15) is 37.8 Å². The molecule has 2 N–H and O–H groups in total. The molecule has 2 nitrogen and oxygen atoms in total. The van der Waals surface area contributed by atoms with Gasteiger partial charge in [-0.1, -0.05) is 25.1 Å². The van der Waals surface area contributed by atoms with E-state index in [0.29, 0.717) is 0 Å². The summed E-state index contributed by atoms with van der Waals surface area (Å²) in [6, 6.07) is 8.18. The minimum absolute atomic E-state index is 0.134. The molecule has 0 aromatic heterocycles. The quantitative estimate of drug-likeness (QED) is 0.563. The van der Waals surface area contributed by atoms with Crippen molar-refractivity contribution < 1.29 is 4.74 Å². The van der Waals surface area contributed by atoms with Gasteiger partial charge in [0.25, 0.3) is 0 Å². The summed E-state index contributed by atoms with van der Waals surface area (Å²) in [6.45, 7) is 6.51. The van der Waals surface area contributed by atoms with Crippen molar-refractivity contribution in [1.29, 1.82) is 0 Å². The Bertz CT molecular complexity index is 305. The van der Waals surface area contributed by atoms with E-state index in [1.807, 2.05) is 30.3 Å². The highest BCUT2D eigenvalue weighted by molar-refractivity contribution is 5.28. The highest BCUT2D eigenvalue weighted by Gasteiger charge is 2.02. The molecule has 16 heavy (non-hydrogen) atoms. The van der Waals surface area contributed by atoms with E-state index in [-0.39, 0.29) is 6.04 Å². The van der Waals surface area contributed by atoms with Crippen molar-refractivity contribution >= 4 is 0 Å². The van der Waals surface area contributed by atoms with E-state index >= 15 is 0 Å². The molecule has 0 saturated carbocycles. The largest absolute Gasteiger partial charge is 0.494 e. The van der Waals surface area contributed by atoms with Gasteiger partial charge >= 0.3 is 0 Å². The SMILES string of the molecule is C=CCCCOc1ccc([C@H](N)CC)cc1. The fourth-order valence-electron chi connectivity index (χ4n) is 1.46. The lowest BCUT2D eigenvalue weighted by molar-refractivity contribution is 0.312. The number of unbranched alkanes of at least 4 members (excludes halogenated alkanes) is 1. The van der Waals surface area contributed by atoms with E-state index in [1.165, 1.54) is 5.56 Å². The molecule has 0 spiro atoms. The topological polar surface area (TPSA) is 35.2 Å². The molecule has 0 saturated heterocycles. The number of rotatable bonds is 7. The van der Waals surface area contributed by atoms with Crippen LogP contribution in [0.25, 0.3) is 0 Å². The third kappa shape index (κ3) is 4.07. The van der Waals surface area contributed by atoms with Crippen molar-refractivity contribution in [2.75, 3.05) is 6.61 Å². The van der Waals surface area contributed by atoms with Crippen molar-refractivity contribution in [3.05, 3.63) is 42.5 Å². The maximum atomic E-state index is 5.93. The van der Waals surface area contributed by atoms with Crippen LogP contribution >= 0.6 is 0 Å². The van der Waals surface area contributed by atoms with Crippen LogP contribution < -0.4 is 10.5 Å². The van der Waals surface area contributed by atoms with Gasteiger partial charge in [0.05, 0.1) is 6.61 Å². The standard InChI is InChI=1S/C14H21NO/c1-3-5-6-11-16-13-9-7-12(8-10-13)14(15)4-2/h3,7-10,14H,1,4-6,11,15H2,2H3/t14-/m1/s1. The molecular weight excluding hydrogens is 198 g/mol. The predicted octanol–water partition coefficient (Wildman–Crippen LogP) is 3.44. The lowest BCUT2D eigenvalue weighted by atomic mass is 10.1. The van der Waals surface area contributed by atoms with Crippen molar-refractivity contribution in [3.63, 3.8) is 0 Å². The molecule has 1 aromatic carbocycles. The van der Waals surface area contributed by atoms with Gasteiger partial charge in [0.1, 0.15) is 5.75 Å². The van der Waals surface area contributed by atoms with Crippen LogP contribution in [0.15, 0.2) is 36.9 Å². The molecule has 88 valence electrons. The highest BCUT2D eigenvalue weighted by atomic mass is 16.5. The summed E-state index contributed by atoms with van der Waals surface area (Å²) in [5.41, 5.74) is 7.10. The molecule has 1 aromatic rings. The number of hydrogen-bond donors (Lipinski definition) is 1. The van der Waals surface area contributed by atoms with Crippen LogP contribution in [0.2, 0.25) is 0 Å². The van der Waals surface area contributed by atoms with Crippen LogP contribution in [0.3, 0.4) is 0 Å². The maximum absolute atomic E-state index is 5.93. The van der Waals surface area contributed by atoms with Crippen molar-refractivity contribution in [2.24, 2.45) is 5.73 Å². The normalized spacial score (nSPS) is 12.1. The van der Waals surface area contributed by atoms with Gasteiger partial charge in [-0.15, -0.1) is 6.58 Å². The number of hydrogen-bond acceptors (Lipinski definition) is 2. The van der Waals surface area contributed by atoms with Crippen molar-refractivity contribution in [2.45, 2.75) is 32.2 Å². The number of allylic oxidation sites excluding steroid dienone is 1. The van der Waals surface area contributed by atoms with Crippen LogP contribution in [-0.4, -0.2) is 6.61 Å². The zero-order chi connectivity index (χ0) is 11.8. The minimum atomic E-state index is 0.134. The van der Waals surface area contributed by atoms with E-state index in [0.717, 1.165) is 31.6 Å². The molecule has 0 amide bonds. The summed E-state index contributed by atoms with van der Waals surface area (Å²) < 4.78 is 5.59. The maximum Gasteiger partial charge on any atom is 0.119 e. The Hall–Kier alpha value is -1.28. The molecule has 0 aliphatic rings. The van der Waals surface area contributed by atoms with Gasteiger partial charge in [-0.3, -0.25) is 0 Å². The summed E-state index contributed by atoms with van der Waals surface area (Å²) in [5.74, 6) is 0.913. The first-order chi connectivity index (χ1) is 7.77.